The van der Waals surface area contributed by atoms with Gasteiger partial charge in [0, 0.05) is 25.5 Å². The second-order valence-corrected chi connectivity index (χ2v) is 7.29. The lowest BCUT2D eigenvalue weighted by molar-refractivity contribution is -0.123. The molecule has 0 aromatic rings. The van der Waals surface area contributed by atoms with Gasteiger partial charge in [0.1, 0.15) is 0 Å². The Hall–Kier alpha value is -0.320. The minimum absolute atomic E-state index is 0. The van der Waals surface area contributed by atoms with Crippen LogP contribution in [0, 0.1) is 17.3 Å². The van der Waals surface area contributed by atoms with Crippen LogP contribution in [0.15, 0.2) is 0 Å². The molecule has 1 aliphatic heterocycles. The zero-order chi connectivity index (χ0) is 15.1. The minimum atomic E-state index is 0. The molecule has 0 radical (unpaired) electrons. The quantitative estimate of drug-likeness (QED) is 0.786. The molecule has 1 saturated heterocycles. The van der Waals surface area contributed by atoms with Crippen molar-refractivity contribution in [2.24, 2.45) is 17.3 Å². The molecule has 130 valence electrons. The molecular weight excluding hydrogens is 300 g/mol. The van der Waals surface area contributed by atoms with Crippen molar-refractivity contribution in [2.75, 3.05) is 33.4 Å². The number of hydrogen-bond donors (Lipinski definition) is 2. The van der Waals surface area contributed by atoms with Gasteiger partial charge in [-0.3, -0.25) is 4.79 Å². The third-order valence-electron chi connectivity index (χ3n) is 5.38. The lowest BCUT2D eigenvalue weighted by Gasteiger charge is -2.37. The van der Waals surface area contributed by atoms with Crippen LogP contribution in [0.3, 0.4) is 0 Å². The van der Waals surface area contributed by atoms with E-state index >= 15 is 0 Å². The number of methoxy groups -OCH3 is 1. The van der Waals surface area contributed by atoms with E-state index in [0.717, 1.165) is 45.0 Å². The maximum Gasteiger partial charge on any atom is 0.220 e. The largest absolute Gasteiger partial charge is 0.384 e. The molecule has 2 aliphatic rings. The fourth-order valence-corrected chi connectivity index (χ4v) is 3.79. The zero-order valence-electron chi connectivity index (χ0n) is 14.2. The predicted octanol–water partition coefficient (Wildman–Crippen LogP) is 2.76. The Labute approximate surface area is 141 Å². The highest BCUT2D eigenvalue weighted by Crippen LogP contribution is 2.31. The number of carbonyl (C=O) groups is 1. The van der Waals surface area contributed by atoms with Gasteiger partial charge in [-0.1, -0.05) is 19.8 Å². The summed E-state index contributed by atoms with van der Waals surface area (Å²) in [5, 5.41) is 6.58. The van der Waals surface area contributed by atoms with Crippen molar-refractivity contribution in [2.45, 2.75) is 51.9 Å². The summed E-state index contributed by atoms with van der Waals surface area (Å²) in [6.45, 7) is 5.89. The van der Waals surface area contributed by atoms with Crippen LogP contribution in [0.1, 0.15) is 51.9 Å². The van der Waals surface area contributed by atoms with Gasteiger partial charge in [-0.15, -0.1) is 12.4 Å². The van der Waals surface area contributed by atoms with Crippen LogP contribution in [-0.2, 0) is 9.53 Å². The summed E-state index contributed by atoms with van der Waals surface area (Å²) in [6, 6.07) is 0. The fraction of sp³-hybridized carbons (Fsp3) is 0.941. The maximum absolute atomic E-state index is 12.2. The van der Waals surface area contributed by atoms with Gasteiger partial charge in [-0.25, -0.2) is 0 Å². The first-order valence-corrected chi connectivity index (χ1v) is 8.60. The van der Waals surface area contributed by atoms with Crippen molar-refractivity contribution in [3.8, 4) is 0 Å². The third-order valence-corrected chi connectivity index (χ3v) is 5.38. The lowest BCUT2D eigenvalue weighted by Crippen LogP contribution is -2.47. The number of amides is 1. The van der Waals surface area contributed by atoms with Crippen molar-refractivity contribution in [1.29, 1.82) is 0 Å². The summed E-state index contributed by atoms with van der Waals surface area (Å²) in [5.74, 6) is 1.69. The molecule has 2 fully saturated rings. The molecule has 0 bridgehead atoms. The molecule has 0 unspecified atom stereocenters. The van der Waals surface area contributed by atoms with Crippen LogP contribution in [0.2, 0.25) is 0 Å². The molecule has 1 saturated carbocycles. The van der Waals surface area contributed by atoms with E-state index in [1.807, 2.05) is 0 Å². The Kier molecular flexibility index (Phi) is 8.73. The summed E-state index contributed by atoms with van der Waals surface area (Å²) in [5.41, 5.74) is 0.136. The Bertz CT molecular complexity index is 319. The summed E-state index contributed by atoms with van der Waals surface area (Å²) in [6.07, 6.45) is 7.91. The Morgan fingerprint density at radius 2 is 1.86 bits per heavy atom. The van der Waals surface area contributed by atoms with E-state index in [2.05, 4.69) is 17.6 Å². The Morgan fingerprint density at radius 1 is 1.23 bits per heavy atom. The average Bonchev–Trinajstić information content (AvgIpc) is 2.49. The standard InChI is InChI=1S/C17H32N2O2.ClH/c1-14-3-5-15(6-4-14)11-16(20)19-12-17(13-21-2)7-9-18-10-8-17;/h14-15,18H,3-13H2,1-2H3,(H,19,20);1H. The van der Waals surface area contributed by atoms with E-state index in [9.17, 15) is 4.79 Å². The van der Waals surface area contributed by atoms with Crippen molar-refractivity contribution < 1.29 is 9.53 Å². The maximum atomic E-state index is 12.2. The second-order valence-electron chi connectivity index (χ2n) is 7.29. The van der Waals surface area contributed by atoms with Gasteiger partial charge in [0.15, 0.2) is 0 Å². The minimum Gasteiger partial charge on any atom is -0.384 e. The summed E-state index contributed by atoms with van der Waals surface area (Å²) < 4.78 is 5.40. The molecule has 22 heavy (non-hydrogen) atoms. The molecule has 2 N–H and O–H groups in total. The van der Waals surface area contributed by atoms with Crippen LogP contribution in [-0.4, -0.2) is 39.3 Å². The van der Waals surface area contributed by atoms with Crippen molar-refractivity contribution in [1.82, 2.24) is 10.6 Å². The normalized spacial score (nSPS) is 27.7. The molecule has 1 heterocycles. The molecule has 4 nitrogen and oxygen atoms in total. The van der Waals surface area contributed by atoms with Crippen LogP contribution in [0.25, 0.3) is 0 Å². The highest BCUT2D eigenvalue weighted by Gasteiger charge is 2.32. The second kappa shape index (κ2) is 9.74. The van der Waals surface area contributed by atoms with Crippen LogP contribution in [0.4, 0.5) is 0 Å². The van der Waals surface area contributed by atoms with E-state index in [1.165, 1.54) is 25.7 Å². The van der Waals surface area contributed by atoms with Gasteiger partial charge in [-0.2, -0.15) is 0 Å². The van der Waals surface area contributed by atoms with E-state index < -0.39 is 0 Å². The number of rotatable bonds is 6. The smallest absolute Gasteiger partial charge is 0.220 e. The van der Waals surface area contributed by atoms with E-state index in [0.29, 0.717) is 12.3 Å². The molecule has 5 heteroatoms. The molecular formula is C17H33ClN2O2. The first-order valence-electron chi connectivity index (χ1n) is 8.60. The first-order chi connectivity index (χ1) is 10.1. The molecule has 0 spiro atoms. The van der Waals surface area contributed by atoms with Gasteiger partial charge in [0.25, 0.3) is 0 Å². The number of halogens is 1. The van der Waals surface area contributed by atoms with Gasteiger partial charge in [0.2, 0.25) is 5.91 Å². The lowest BCUT2D eigenvalue weighted by atomic mass is 9.79. The Balaban J connectivity index is 0.00000242. The molecule has 2 rings (SSSR count). The Morgan fingerprint density at radius 3 is 2.45 bits per heavy atom. The van der Waals surface area contributed by atoms with Gasteiger partial charge >= 0.3 is 0 Å². The van der Waals surface area contributed by atoms with Crippen LogP contribution in [0.5, 0.6) is 0 Å². The molecule has 0 aromatic heterocycles. The molecule has 1 amide bonds. The first kappa shape index (κ1) is 19.7. The number of nitrogens with one attached hydrogen (secondary N) is 2. The van der Waals surface area contributed by atoms with Crippen LogP contribution < -0.4 is 10.6 Å². The zero-order valence-corrected chi connectivity index (χ0v) is 15.0. The van der Waals surface area contributed by atoms with Crippen molar-refractivity contribution in [3.05, 3.63) is 0 Å². The summed E-state index contributed by atoms with van der Waals surface area (Å²) in [4.78, 5) is 12.2. The van der Waals surface area contributed by atoms with E-state index in [-0.39, 0.29) is 23.7 Å². The summed E-state index contributed by atoms with van der Waals surface area (Å²) in [7, 11) is 1.76. The van der Waals surface area contributed by atoms with E-state index in [1.54, 1.807) is 7.11 Å². The van der Waals surface area contributed by atoms with Crippen LogP contribution >= 0.6 is 12.4 Å². The van der Waals surface area contributed by atoms with E-state index in [4.69, 9.17) is 4.74 Å². The summed E-state index contributed by atoms with van der Waals surface area (Å²) >= 11 is 0. The number of ether oxygens (including phenoxy) is 1. The van der Waals surface area contributed by atoms with Crippen molar-refractivity contribution in [3.63, 3.8) is 0 Å². The molecule has 0 atom stereocenters. The van der Waals surface area contributed by atoms with Gasteiger partial charge < -0.3 is 15.4 Å². The molecule has 1 aliphatic carbocycles. The fourth-order valence-electron chi connectivity index (χ4n) is 3.79. The number of hydrogen-bond acceptors (Lipinski definition) is 3. The van der Waals surface area contributed by atoms with Crippen molar-refractivity contribution >= 4 is 18.3 Å². The highest BCUT2D eigenvalue weighted by molar-refractivity contribution is 5.85. The highest BCUT2D eigenvalue weighted by atomic mass is 35.5. The topological polar surface area (TPSA) is 50.4 Å². The third kappa shape index (κ3) is 6.05. The predicted molar refractivity (Wildman–Crippen MR) is 92.4 cm³/mol. The molecule has 0 aromatic carbocycles. The van der Waals surface area contributed by atoms with Gasteiger partial charge in [0.05, 0.1) is 6.61 Å². The monoisotopic (exact) mass is 332 g/mol. The van der Waals surface area contributed by atoms with Gasteiger partial charge in [-0.05, 0) is 50.6 Å². The number of carbonyl (C=O) groups excluding carboxylic acids is 1. The SMILES string of the molecule is COCC1(CNC(=O)CC2CCC(C)CC2)CCNCC1.Cl. The number of piperidine rings is 1. The average molecular weight is 333 g/mol.